The number of halogens is 1. The quantitative estimate of drug-likeness (QED) is 0.862. The first-order chi connectivity index (χ1) is 13.2. The predicted molar refractivity (Wildman–Crippen MR) is 107 cm³/mol. The minimum absolute atomic E-state index is 0.0776. The van der Waals surface area contributed by atoms with Crippen molar-refractivity contribution < 1.29 is 4.79 Å². The molecule has 2 heterocycles. The lowest BCUT2D eigenvalue weighted by Crippen LogP contribution is -2.46. The van der Waals surface area contributed by atoms with Crippen LogP contribution in [0.15, 0.2) is 24.3 Å². The third kappa shape index (κ3) is 3.72. The zero-order valence-electron chi connectivity index (χ0n) is 15.2. The van der Waals surface area contributed by atoms with Gasteiger partial charge in [0.25, 0.3) is 5.91 Å². The van der Waals surface area contributed by atoms with E-state index in [0.29, 0.717) is 36.1 Å². The van der Waals surface area contributed by atoms with Crippen LogP contribution in [0.1, 0.15) is 42.5 Å². The van der Waals surface area contributed by atoms with Gasteiger partial charge in [0.2, 0.25) is 0 Å². The Morgan fingerprint density at radius 1 is 1.22 bits per heavy atom. The molecule has 27 heavy (non-hydrogen) atoms. The van der Waals surface area contributed by atoms with Gasteiger partial charge in [0.1, 0.15) is 5.82 Å². The molecular weight excluding hydrogens is 360 g/mol. The Labute approximate surface area is 164 Å². The van der Waals surface area contributed by atoms with Crippen molar-refractivity contribution in [1.29, 1.82) is 5.26 Å². The zero-order chi connectivity index (χ0) is 18.8. The third-order valence-electron chi connectivity index (χ3n) is 5.70. The van der Waals surface area contributed by atoms with Gasteiger partial charge >= 0.3 is 0 Å². The van der Waals surface area contributed by atoms with Crippen molar-refractivity contribution in [2.45, 2.75) is 32.1 Å². The molecule has 1 aromatic heterocycles. The number of hydrogen-bond donors (Lipinski definition) is 1. The van der Waals surface area contributed by atoms with Gasteiger partial charge in [-0.25, -0.2) is 4.98 Å². The fraction of sp³-hybridized carbons (Fsp3) is 0.476. The minimum atomic E-state index is -0.126. The summed E-state index contributed by atoms with van der Waals surface area (Å²) in [5.41, 5.74) is 1.25. The van der Waals surface area contributed by atoms with Crippen LogP contribution in [0.2, 0.25) is 5.02 Å². The molecule has 1 saturated heterocycles. The van der Waals surface area contributed by atoms with Crippen molar-refractivity contribution in [3.8, 4) is 6.07 Å². The largest absolute Gasteiger partial charge is 0.354 e. The van der Waals surface area contributed by atoms with E-state index in [1.54, 1.807) is 6.07 Å². The molecule has 1 aromatic carbocycles. The number of amides is 1. The highest BCUT2D eigenvalue weighted by Gasteiger charge is 2.28. The molecule has 5 nitrogen and oxygen atoms in total. The van der Waals surface area contributed by atoms with E-state index >= 15 is 0 Å². The monoisotopic (exact) mass is 382 g/mol. The van der Waals surface area contributed by atoms with Crippen molar-refractivity contribution in [3.05, 3.63) is 34.9 Å². The number of carbonyl (C=O) groups excluding carboxylic acids is 1. The number of hydrogen-bond acceptors (Lipinski definition) is 4. The number of benzene rings is 1. The first-order valence-electron chi connectivity index (χ1n) is 9.67. The molecule has 0 radical (unpaired) electrons. The molecule has 0 bridgehead atoms. The normalized spacial score (nSPS) is 18.1. The van der Waals surface area contributed by atoms with Gasteiger partial charge < -0.3 is 10.2 Å². The van der Waals surface area contributed by atoms with Gasteiger partial charge in [-0.15, -0.1) is 0 Å². The van der Waals surface area contributed by atoms with Crippen LogP contribution in [0.25, 0.3) is 10.9 Å². The Morgan fingerprint density at radius 3 is 2.74 bits per heavy atom. The zero-order valence-corrected chi connectivity index (χ0v) is 16.0. The smallest absolute Gasteiger partial charge is 0.253 e. The number of fused-ring (bicyclic) bond motifs is 1. The second kappa shape index (κ2) is 7.74. The molecule has 0 atom stereocenters. The van der Waals surface area contributed by atoms with Gasteiger partial charge in [-0.2, -0.15) is 5.26 Å². The summed E-state index contributed by atoms with van der Waals surface area (Å²) in [6.45, 7) is 2.12. The highest BCUT2D eigenvalue weighted by atomic mass is 35.5. The van der Waals surface area contributed by atoms with Crippen molar-refractivity contribution in [1.82, 2.24) is 10.3 Å². The Morgan fingerprint density at radius 2 is 2.00 bits per heavy atom. The van der Waals surface area contributed by atoms with Crippen molar-refractivity contribution in [2.75, 3.05) is 24.5 Å². The summed E-state index contributed by atoms with van der Waals surface area (Å²) in [5.74, 6) is 1.36. The van der Waals surface area contributed by atoms with Gasteiger partial charge in [0.05, 0.1) is 28.1 Å². The number of pyridine rings is 1. The molecule has 2 aliphatic rings. The standard InChI is InChI=1S/C21H23ClN4O/c22-17-7-8-18-16(6-9-19(25-18)26-12-15(10-23)13-26)20(17)21(27)24-11-14-4-2-1-3-5-14/h6-9,14-15H,1-5,11-13H2,(H,24,27). The van der Waals surface area contributed by atoms with Gasteiger partial charge in [0, 0.05) is 25.0 Å². The molecule has 2 aromatic rings. The molecule has 1 saturated carbocycles. The summed E-state index contributed by atoms with van der Waals surface area (Å²) in [7, 11) is 0. The summed E-state index contributed by atoms with van der Waals surface area (Å²) in [4.78, 5) is 19.6. The molecule has 2 fully saturated rings. The van der Waals surface area contributed by atoms with Crippen LogP contribution in [0, 0.1) is 23.2 Å². The molecular formula is C21H23ClN4O. The number of nitrogens with zero attached hydrogens (tertiary/aromatic N) is 3. The molecule has 1 N–H and O–H groups in total. The molecule has 1 amide bonds. The van der Waals surface area contributed by atoms with Crippen LogP contribution in [-0.2, 0) is 0 Å². The van der Waals surface area contributed by atoms with Crippen LogP contribution < -0.4 is 10.2 Å². The van der Waals surface area contributed by atoms with E-state index in [-0.39, 0.29) is 11.8 Å². The summed E-state index contributed by atoms with van der Waals surface area (Å²) >= 11 is 6.36. The van der Waals surface area contributed by atoms with Crippen LogP contribution in [-0.4, -0.2) is 30.5 Å². The average molecular weight is 383 g/mol. The number of rotatable bonds is 4. The van der Waals surface area contributed by atoms with E-state index in [1.807, 2.05) is 18.2 Å². The fourth-order valence-corrected chi connectivity index (χ4v) is 4.29. The van der Waals surface area contributed by atoms with Crippen molar-refractivity contribution in [3.63, 3.8) is 0 Å². The van der Waals surface area contributed by atoms with Gasteiger partial charge in [-0.05, 0) is 43.0 Å². The Kier molecular flexibility index (Phi) is 5.18. The first-order valence-corrected chi connectivity index (χ1v) is 10.1. The molecule has 1 aliphatic carbocycles. The number of carbonyl (C=O) groups is 1. The lowest BCUT2D eigenvalue weighted by Gasteiger charge is -2.36. The molecule has 0 unspecified atom stereocenters. The molecule has 6 heteroatoms. The highest BCUT2D eigenvalue weighted by Crippen LogP contribution is 2.30. The van der Waals surface area contributed by atoms with E-state index in [4.69, 9.17) is 16.9 Å². The third-order valence-corrected chi connectivity index (χ3v) is 6.01. The molecule has 1 aliphatic heterocycles. The van der Waals surface area contributed by atoms with E-state index in [0.717, 1.165) is 16.7 Å². The predicted octanol–water partition coefficient (Wildman–Crippen LogP) is 4.16. The fourth-order valence-electron chi connectivity index (χ4n) is 4.04. The van der Waals surface area contributed by atoms with E-state index in [2.05, 4.69) is 21.3 Å². The second-order valence-corrected chi connectivity index (χ2v) is 8.01. The van der Waals surface area contributed by atoms with Gasteiger partial charge in [-0.3, -0.25) is 4.79 Å². The van der Waals surface area contributed by atoms with E-state index < -0.39 is 0 Å². The summed E-state index contributed by atoms with van der Waals surface area (Å²) in [6, 6.07) is 9.68. The highest BCUT2D eigenvalue weighted by molar-refractivity contribution is 6.35. The Hall–Kier alpha value is -2.32. The maximum atomic E-state index is 12.8. The SMILES string of the molecule is N#CC1CN(c2ccc3c(C(=O)NCC4CCCCC4)c(Cl)ccc3n2)C1. The lowest BCUT2D eigenvalue weighted by molar-refractivity contribution is 0.0945. The van der Waals surface area contributed by atoms with Gasteiger partial charge in [0.15, 0.2) is 0 Å². The Balaban J connectivity index is 1.53. The second-order valence-electron chi connectivity index (χ2n) is 7.60. The average Bonchev–Trinajstić information content (AvgIpc) is 2.66. The van der Waals surface area contributed by atoms with E-state index in [9.17, 15) is 4.79 Å². The summed E-state index contributed by atoms with van der Waals surface area (Å²) in [5, 5.41) is 13.2. The van der Waals surface area contributed by atoms with Crippen LogP contribution in [0.3, 0.4) is 0 Å². The number of nitriles is 1. The van der Waals surface area contributed by atoms with Crippen LogP contribution >= 0.6 is 11.6 Å². The molecule has 140 valence electrons. The topological polar surface area (TPSA) is 69.0 Å². The van der Waals surface area contributed by atoms with E-state index in [1.165, 1.54) is 32.1 Å². The maximum absolute atomic E-state index is 12.8. The van der Waals surface area contributed by atoms with Crippen LogP contribution in [0.4, 0.5) is 5.82 Å². The summed E-state index contributed by atoms with van der Waals surface area (Å²) < 4.78 is 0. The Bertz CT molecular complexity index is 895. The first kappa shape index (κ1) is 18.1. The molecule has 0 spiro atoms. The van der Waals surface area contributed by atoms with Crippen molar-refractivity contribution >= 4 is 34.2 Å². The number of anilines is 1. The van der Waals surface area contributed by atoms with Gasteiger partial charge in [-0.1, -0.05) is 30.9 Å². The number of aromatic nitrogens is 1. The van der Waals surface area contributed by atoms with Crippen molar-refractivity contribution in [2.24, 2.45) is 11.8 Å². The minimum Gasteiger partial charge on any atom is -0.354 e. The lowest BCUT2D eigenvalue weighted by atomic mass is 9.89. The molecule has 4 rings (SSSR count). The van der Waals surface area contributed by atoms with Crippen LogP contribution in [0.5, 0.6) is 0 Å². The summed E-state index contributed by atoms with van der Waals surface area (Å²) in [6.07, 6.45) is 6.19. The maximum Gasteiger partial charge on any atom is 0.253 e. The number of nitrogens with one attached hydrogen (secondary N) is 1.